The van der Waals surface area contributed by atoms with Crippen LogP contribution in [-0.2, 0) is 0 Å². The van der Waals surface area contributed by atoms with Crippen molar-refractivity contribution in [2.75, 3.05) is 18.8 Å². The standard InChI is InChI=1S/C12H13N3O.C5H9N/c13-10(7-8-5-6-15-12(8)14)9-3-1-2-4-11(9)16;1-4-2-6-3-5(1)4/h1-7,15-16H,13-14H2;4-6H,1-3H2/b10-7-;. The fourth-order valence-electron chi connectivity index (χ4n) is 2.75. The number of anilines is 1. The number of aromatic nitrogens is 1. The second-order valence-corrected chi connectivity index (χ2v) is 5.88. The SMILES string of the molecule is C1NCC2CC12.N/C(=C\c1cc[nH]c1N)c1ccccc1O. The van der Waals surface area contributed by atoms with Crippen molar-refractivity contribution >= 4 is 17.6 Å². The number of phenols is 1. The number of nitrogens with two attached hydrogens (primary N) is 2. The lowest BCUT2D eigenvalue weighted by Crippen LogP contribution is -2.10. The number of hydrogen-bond acceptors (Lipinski definition) is 4. The number of nitrogens with one attached hydrogen (secondary N) is 2. The van der Waals surface area contributed by atoms with Gasteiger partial charge in [0, 0.05) is 23.0 Å². The summed E-state index contributed by atoms with van der Waals surface area (Å²) < 4.78 is 0. The lowest BCUT2D eigenvalue weighted by atomic mass is 10.1. The maximum Gasteiger partial charge on any atom is 0.124 e. The van der Waals surface area contributed by atoms with Crippen LogP contribution >= 0.6 is 0 Å². The molecule has 4 rings (SSSR count). The number of fused-ring (bicyclic) bond motifs is 1. The monoisotopic (exact) mass is 298 g/mol. The average Bonchev–Trinajstić information content (AvgIpc) is 2.90. The van der Waals surface area contributed by atoms with Crippen molar-refractivity contribution in [3.8, 4) is 5.75 Å². The van der Waals surface area contributed by atoms with E-state index >= 15 is 0 Å². The quantitative estimate of drug-likeness (QED) is 0.585. The molecule has 2 aliphatic rings. The molecule has 1 saturated carbocycles. The lowest BCUT2D eigenvalue weighted by molar-refractivity contribution is 0.473. The second-order valence-electron chi connectivity index (χ2n) is 5.88. The molecule has 7 N–H and O–H groups in total. The third kappa shape index (κ3) is 3.26. The van der Waals surface area contributed by atoms with Crippen LogP contribution in [0.25, 0.3) is 11.8 Å². The first-order valence-electron chi connectivity index (χ1n) is 7.54. The Balaban J connectivity index is 0.000000196. The maximum atomic E-state index is 9.62. The summed E-state index contributed by atoms with van der Waals surface area (Å²) in [5.41, 5.74) is 13.5. The number of benzene rings is 1. The minimum Gasteiger partial charge on any atom is -0.507 e. The molecule has 116 valence electrons. The van der Waals surface area contributed by atoms with Crippen LogP contribution in [0.4, 0.5) is 5.82 Å². The number of hydrogen-bond donors (Lipinski definition) is 5. The van der Waals surface area contributed by atoms with E-state index in [1.807, 2.05) is 12.1 Å². The van der Waals surface area contributed by atoms with Crippen LogP contribution in [0.3, 0.4) is 0 Å². The van der Waals surface area contributed by atoms with E-state index in [4.69, 9.17) is 11.5 Å². The van der Waals surface area contributed by atoms with Crippen LogP contribution in [0.15, 0.2) is 36.5 Å². The minimum atomic E-state index is 0.158. The van der Waals surface area contributed by atoms with Gasteiger partial charge in [0.2, 0.25) is 0 Å². The van der Waals surface area contributed by atoms with Gasteiger partial charge in [-0.3, -0.25) is 0 Å². The molecule has 1 aliphatic carbocycles. The Morgan fingerprint density at radius 3 is 2.41 bits per heavy atom. The number of aromatic amines is 1. The van der Waals surface area contributed by atoms with Crippen molar-refractivity contribution in [1.29, 1.82) is 0 Å². The fourth-order valence-corrected chi connectivity index (χ4v) is 2.75. The topological polar surface area (TPSA) is 100 Å². The van der Waals surface area contributed by atoms with Crippen LogP contribution in [0, 0.1) is 11.8 Å². The third-order valence-corrected chi connectivity index (χ3v) is 4.22. The van der Waals surface area contributed by atoms with Crippen molar-refractivity contribution in [1.82, 2.24) is 10.3 Å². The number of rotatable bonds is 2. The van der Waals surface area contributed by atoms with Gasteiger partial charge in [-0.15, -0.1) is 0 Å². The predicted molar refractivity (Wildman–Crippen MR) is 89.8 cm³/mol. The summed E-state index contributed by atoms with van der Waals surface area (Å²) in [5, 5.41) is 12.9. The van der Waals surface area contributed by atoms with Gasteiger partial charge in [0.25, 0.3) is 0 Å². The molecule has 0 bridgehead atoms. The highest BCUT2D eigenvalue weighted by atomic mass is 16.3. The van der Waals surface area contributed by atoms with Crippen LogP contribution in [0.5, 0.6) is 5.75 Å². The van der Waals surface area contributed by atoms with Crippen LogP contribution in [-0.4, -0.2) is 23.2 Å². The summed E-state index contributed by atoms with van der Waals surface area (Å²) in [5.74, 6) is 2.92. The molecule has 5 heteroatoms. The van der Waals surface area contributed by atoms with Crippen LogP contribution in [0.2, 0.25) is 0 Å². The van der Waals surface area contributed by atoms with E-state index in [0.29, 0.717) is 17.1 Å². The molecular weight excluding hydrogens is 276 g/mol. The molecule has 5 nitrogen and oxygen atoms in total. The number of aromatic hydroxyl groups is 1. The van der Waals surface area contributed by atoms with Gasteiger partial charge in [-0.1, -0.05) is 12.1 Å². The number of piperidine rings is 1. The zero-order valence-corrected chi connectivity index (χ0v) is 12.4. The molecule has 1 aromatic carbocycles. The van der Waals surface area contributed by atoms with Gasteiger partial charge in [0.05, 0.1) is 0 Å². The van der Waals surface area contributed by atoms with E-state index in [0.717, 1.165) is 17.4 Å². The molecule has 2 atom stereocenters. The van der Waals surface area contributed by atoms with Gasteiger partial charge in [0.15, 0.2) is 0 Å². The van der Waals surface area contributed by atoms with Gasteiger partial charge >= 0.3 is 0 Å². The largest absolute Gasteiger partial charge is 0.507 e. The van der Waals surface area contributed by atoms with Gasteiger partial charge in [-0.2, -0.15) is 0 Å². The Hall–Kier alpha value is -2.40. The van der Waals surface area contributed by atoms with Gasteiger partial charge in [-0.25, -0.2) is 0 Å². The number of phenolic OH excluding ortho intramolecular Hbond substituents is 1. The lowest BCUT2D eigenvalue weighted by Gasteiger charge is -2.04. The maximum absolute atomic E-state index is 9.62. The molecule has 0 amide bonds. The molecule has 1 saturated heterocycles. The number of para-hydroxylation sites is 1. The zero-order valence-electron chi connectivity index (χ0n) is 12.4. The summed E-state index contributed by atoms with van der Waals surface area (Å²) in [6.07, 6.45) is 4.98. The Morgan fingerprint density at radius 1 is 1.18 bits per heavy atom. The van der Waals surface area contributed by atoms with Crippen LogP contribution in [0.1, 0.15) is 17.5 Å². The Kier molecular flexibility index (Phi) is 4.06. The van der Waals surface area contributed by atoms with E-state index in [-0.39, 0.29) is 5.75 Å². The van der Waals surface area contributed by atoms with Crippen LogP contribution < -0.4 is 16.8 Å². The molecule has 22 heavy (non-hydrogen) atoms. The molecule has 2 unspecified atom stereocenters. The number of H-pyrrole nitrogens is 1. The van der Waals surface area contributed by atoms with Crippen molar-refractivity contribution in [3.63, 3.8) is 0 Å². The van der Waals surface area contributed by atoms with Crippen molar-refractivity contribution in [3.05, 3.63) is 47.7 Å². The highest BCUT2D eigenvalue weighted by molar-refractivity contribution is 5.84. The smallest absolute Gasteiger partial charge is 0.124 e. The van der Waals surface area contributed by atoms with E-state index in [1.54, 1.807) is 30.5 Å². The molecule has 1 aliphatic heterocycles. The molecule has 0 radical (unpaired) electrons. The van der Waals surface area contributed by atoms with E-state index in [2.05, 4.69) is 10.3 Å². The van der Waals surface area contributed by atoms with E-state index in [9.17, 15) is 5.11 Å². The fraction of sp³-hybridized carbons (Fsp3) is 0.294. The highest BCUT2D eigenvalue weighted by Gasteiger charge is 2.40. The first kappa shape index (κ1) is 14.5. The Morgan fingerprint density at radius 2 is 1.91 bits per heavy atom. The van der Waals surface area contributed by atoms with Crippen molar-refractivity contribution in [2.24, 2.45) is 17.6 Å². The first-order valence-corrected chi connectivity index (χ1v) is 7.54. The minimum absolute atomic E-state index is 0.158. The highest BCUT2D eigenvalue weighted by Crippen LogP contribution is 2.40. The van der Waals surface area contributed by atoms with Gasteiger partial charge < -0.3 is 26.9 Å². The van der Waals surface area contributed by atoms with Gasteiger partial charge in [-0.05, 0) is 55.6 Å². The number of nitrogen functional groups attached to an aromatic ring is 1. The summed E-state index contributed by atoms with van der Waals surface area (Å²) in [6, 6.07) is 8.73. The zero-order chi connectivity index (χ0) is 15.5. The summed E-state index contributed by atoms with van der Waals surface area (Å²) in [7, 11) is 0. The summed E-state index contributed by atoms with van der Waals surface area (Å²) in [6.45, 7) is 2.62. The first-order chi connectivity index (χ1) is 10.6. The molecule has 0 spiro atoms. The van der Waals surface area contributed by atoms with Crippen molar-refractivity contribution < 1.29 is 5.11 Å². The Bertz CT molecular complexity index is 669. The molecule has 2 aromatic rings. The van der Waals surface area contributed by atoms with E-state index in [1.165, 1.54) is 19.5 Å². The molecular formula is C17H22N4O. The summed E-state index contributed by atoms with van der Waals surface area (Å²) >= 11 is 0. The normalized spacial score (nSPS) is 22.6. The third-order valence-electron chi connectivity index (χ3n) is 4.22. The Labute approximate surface area is 130 Å². The summed E-state index contributed by atoms with van der Waals surface area (Å²) in [4.78, 5) is 2.86. The van der Waals surface area contributed by atoms with Crippen molar-refractivity contribution in [2.45, 2.75) is 6.42 Å². The average molecular weight is 298 g/mol. The predicted octanol–water partition coefficient (Wildman–Crippen LogP) is 1.98. The molecule has 2 heterocycles. The van der Waals surface area contributed by atoms with Gasteiger partial charge in [0.1, 0.15) is 11.6 Å². The molecule has 2 fully saturated rings. The van der Waals surface area contributed by atoms with E-state index < -0.39 is 0 Å². The molecule has 1 aromatic heterocycles. The second kappa shape index (κ2) is 6.15.